The third-order valence-corrected chi connectivity index (χ3v) is 4.11. The average molecular weight is 453 g/mol. The number of carbonyl (C=O) groups is 2. The van der Waals surface area contributed by atoms with Gasteiger partial charge >= 0.3 is 5.97 Å². The van der Waals surface area contributed by atoms with Crippen molar-refractivity contribution < 1.29 is 28.9 Å². The van der Waals surface area contributed by atoms with Gasteiger partial charge in [0.15, 0.2) is 0 Å². The minimum atomic E-state index is -1.09. The average Bonchev–Trinajstić information content (AvgIpc) is 2.81. The number of nitrogens with zero attached hydrogens (tertiary/aromatic N) is 1. The molecule has 0 fully saturated rings. The highest BCUT2D eigenvalue weighted by Crippen LogP contribution is 2.28. The molecule has 0 saturated carbocycles. The number of amides is 1. The van der Waals surface area contributed by atoms with Gasteiger partial charge in [-0.2, -0.15) is 0 Å². The summed E-state index contributed by atoms with van der Waals surface area (Å²) in [6.07, 6.45) is 0.937. The fourth-order valence-electron chi connectivity index (χ4n) is 2.74. The van der Waals surface area contributed by atoms with Crippen molar-refractivity contribution in [1.82, 2.24) is 4.98 Å². The van der Waals surface area contributed by atoms with Crippen molar-refractivity contribution in [3.63, 3.8) is 0 Å². The van der Waals surface area contributed by atoms with Crippen LogP contribution in [0.5, 0.6) is 17.2 Å². The fraction of sp³-hybridized carbons (Fsp3) is 0.240. The van der Waals surface area contributed by atoms with Crippen LogP contribution in [-0.2, 0) is 4.74 Å². The number of benzene rings is 2. The highest BCUT2D eigenvalue weighted by Gasteiger charge is 2.14. The number of nitrogens with one attached hydrogen (secondary N) is 1. The molecule has 0 aliphatic heterocycles. The number of ether oxygens (including phenoxy) is 3. The van der Waals surface area contributed by atoms with Crippen molar-refractivity contribution in [3.8, 4) is 17.2 Å². The Morgan fingerprint density at radius 1 is 0.970 bits per heavy atom. The van der Waals surface area contributed by atoms with Crippen LogP contribution >= 0.6 is 0 Å². The van der Waals surface area contributed by atoms with E-state index >= 15 is 0 Å². The van der Waals surface area contributed by atoms with Crippen LogP contribution in [0.3, 0.4) is 0 Å². The Labute approximate surface area is 193 Å². The minimum absolute atomic E-state index is 0.0269. The van der Waals surface area contributed by atoms with Gasteiger partial charge in [0, 0.05) is 24.9 Å². The number of carboxylic acids is 1. The lowest BCUT2D eigenvalue weighted by atomic mass is 10.1. The van der Waals surface area contributed by atoms with Crippen molar-refractivity contribution in [2.75, 3.05) is 19.0 Å². The molecule has 8 nitrogen and oxygen atoms in total. The molecule has 1 amide bonds. The molecule has 0 aliphatic carbocycles. The summed E-state index contributed by atoms with van der Waals surface area (Å²) < 4.78 is 16.8. The van der Waals surface area contributed by atoms with Crippen LogP contribution in [0.25, 0.3) is 0 Å². The summed E-state index contributed by atoms with van der Waals surface area (Å²) >= 11 is 0. The summed E-state index contributed by atoms with van der Waals surface area (Å²) in [7, 11) is 1.58. The third-order valence-electron chi connectivity index (χ3n) is 4.11. The number of methoxy groups -OCH3 is 1. The van der Waals surface area contributed by atoms with Gasteiger partial charge in [-0.3, -0.25) is 4.79 Å². The fourth-order valence-corrected chi connectivity index (χ4v) is 2.74. The summed E-state index contributed by atoms with van der Waals surface area (Å²) in [5.74, 6) is 0.160. The molecule has 0 spiro atoms. The Kier molecular flexibility index (Phi) is 9.85. The number of para-hydroxylation sites is 1. The van der Waals surface area contributed by atoms with E-state index < -0.39 is 11.9 Å². The van der Waals surface area contributed by atoms with Crippen LogP contribution in [0.4, 0.5) is 5.82 Å². The van der Waals surface area contributed by atoms with Gasteiger partial charge in [-0.05, 0) is 43.3 Å². The largest absolute Gasteiger partial charge is 0.488 e. The second-order valence-electron chi connectivity index (χ2n) is 6.68. The van der Waals surface area contributed by atoms with Crippen LogP contribution in [0.2, 0.25) is 0 Å². The molecule has 1 atom stereocenters. The SMILES string of the molecule is CC.COCC(C)Oc1cc(Oc2ccccc2)cc(C(=O)Nc2ccc(C(=O)O)cn2)c1. The zero-order valence-corrected chi connectivity index (χ0v) is 19.1. The summed E-state index contributed by atoms with van der Waals surface area (Å²) in [4.78, 5) is 27.7. The van der Waals surface area contributed by atoms with Crippen LogP contribution in [0, 0.1) is 0 Å². The van der Waals surface area contributed by atoms with Gasteiger partial charge in [0.1, 0.15) is 29.2 Å². The highest BCUT2D eigenvalue weighted by molar-refractivity contribution is 6.04. The number of hydrogen-bond acceptors (Lipinski definition) is 6. The number of rotatable bonds is 9. The smallest absolute Gasteiger partial charge is 0.337 e. The molecule has 1 aromatic heterocycles. The maximum atomic E-state index is 12.8. The number of carboxylic acid groups (broad SMARTS) is 1. The summed E-state index contributed by atoms with van der Waals surface area (Å²) in [6.45, 7) is 6.23. The predicted octanol–water partition coefficient (Wildman–Crippen LogP) is 5.26. The van der Waals surface area contributed by atoms with E-state index in [-0.39, 0.29) is 23.0 Å². The Morgan fingerprint density at radius 2 is 1.67 bits per heavy atom. The predicted molar refractivity (Wildman–Crippen MR) is 125 cm³/mol. The number of carbonyl (C=O) groups excluding carboxylic acids is 1. The van der Waals surface area contributed by atoms with Gasteiger partial charge in [0.2, 0.25) is 0 Å². The van der Waals surface area contributed by atoms with E-state index in [0.717, 1.165) is 0 Å². The van der Waals surface area contributed by atoms with E-state index in [1.165, 1.54) is 18.3 Å². The Morgan fingerprint density at radius 3 is 2.27 bits per heavy atom. The van der Waals surface area contributed by atoms with E-state index in [1.54, 1.807) is 37.4 Å². The molecule has 0 bridgehead atoms. The first-order valence-corrected chi connectivity index (χ1v) is 10.5. The zero-order chi connectivity index (χ0) is 24.2. The van der Waals surface area contributed by atoms with E-state index in [1.807, 2.05) is 39.0 Å². The molecule has 0 aliphatic rings. The van der Waals surface area contributed by atoms with Crippen molar-refractivity contribution >= 4 is 17.7 Å². The lowest BCUT2D eigenvalue weighted by Crippen LogP contribution is -2.19. The lowest BCUT2D eigenvalue weighted by Gasteiger charge is -2.16. The normalized spacial score (nSPS) is 10.9. The molecule has 1 heterocycles. The van der Waals surface area contributed by atoms with Crippen LogP contribution in [0.1, 0.15) is 41.5 Å². The van der Waals surface area contributed by atoms with Gasteiger partial charge in [0.05, 0.1) is 12.2 Å². The monoisotopic (exact) mass is 452 g/mol. The standard InChI is InChI=1S/C23H22N2O6.C2H6/c1-15(14-29-2)30-19-10-17(11-20(12-19)31-18-6-4-3-5-7-18)22(26)25-21-9-8-16(13-24-21)23(27)28;1-2/h3-13,15H,14H2,1-2H3,(H,27,28)(H,24,25,26);1-2H3. The van der Waals surface area contributed by atoms with Gasteiger partial charge < -0.3 is 24.6 Å². The van der Waals surface area contributed by atoms with E-state index in [9.17, 15) is 9.59 Å². The van der Waals surface area contributed by atoms with Gasteiger partial charge in [0.25, 0.3) is 5.91 Å². The van der Waals surface area contributed by atoms with E-state index in [0.29, 0.717) is 23.9 Å². The molecular weight excluding hydrogens is 424 g/mol. The quantitative estimate of drug-likeness (QED) is 0.456. The first-order valence-electron chi connectivity index (χ1n) is 10.5. The van der Waals surface area contributed by atoms with Gasteiger partial charge in [-0.25, -0.2) is 9.78 Å². The summed E-state index contributed by atoms with van der Waals surface area (Å²) in [6, 6.07) is 16.8. The number of anilines is 1. The molecular formula is C25H28N2O6. The second kappa shape index (κ2) is 12.8. The Hall–Kier alpha value is -3.91. The summed E-state index contributed by atoms with van der Waals surface area (Å²) in [5.41, 5.74) is 0.316. The molecule has 1 unspecified atom stereocenters. The van der Waals surface area contributed by atoms with Gasteiger partial charge in [-0.1, -0.05) is 32.0 Å². The van der Waals surface area contributed by atoms with Crippen molar-refractivity contribution in [2.24, 2.45) is 0 Å². The van der Waals surface area contributed by atoms with Crippen molar-refractivity contribution in [1.29, 1.82) is 0 Å². The number of hydrogen-bond donors (Lipinski definition) is 2. The van der Waals surface area contributed by atoms with Crippen LogP contribution in [-0.4, -0.2) is 41.8 Å². The molecule has 0 saturated heterocycles. The van der Waals surface area contributed by atoms with Crippen molar-refractivity contribution in [3.05, 3.63) is 78.0 Å². The maximum absolute atomic E-state index is 12.8. The topological polar surface area (TPSA) is 107 Å². The molecule has 33 heavy (non-hydrogen) atoms. The number of aromatic carboxylic acids is 1. The molecule has 0 radical (unpaired) electrons. The van der Waals surface area contributed by atoms with Gasteiger partial charge in [-0.15, -0.1) is 0 Å². The van der Waals surface area contributed by atoms with Crippen molar-refractivity contribution in [2.45, 2.75) is 26.9 Å². The molecule has 8 heteroatoms. The first kappa shape index (κ1) is 25.4. The Balaban J connectivity index is 0.00000187. The lowest BCUT2D eigenvalue weighted by molar-refractivity contribution is 0.0696. The zero-order valence-electron chi connectivity index (χ0n) is 19.1. The number of aromatic nitrogens is 1. The molecule has 2 N–H and O–H groups in total. The molecule has 3 rings (SSSR count). The van der Waals surface area contributed by atoms with Crippen LogP contribution < -0.4 is 14.8 Å². The second-order valence-corrected chi connectivity index (χ2v) is 6.68. The van der Waals surface area contributed by atoms with E-state index in [2.05, 4.69) is 10.3 Å². The summed E-state index contributed by atoms with van der Waals surface area (Å²) in [5, 5.41) is 11.6. The first-order chi connectivity index (χ1) is 15.9. The minimum Gasteiger partial charge on any atom is -0.488 e. The molecule has 174 valence electrons. The molecule has 3 aromatic rings. The van der Waals surface area contributed by atoms with E-state index in [4.69, 9.17) is 19.3 Å². The molecule has 2 aromatic carbocycles. The number of pyridine rings is 1. The maximum Gasteiger partial charge on any atom is 0.337 e. The van der Waals surface area contributed by atoms with Crippen LogP contribution in [0.15, 0.2) is 66.9 Å². The highest BCUT2D eigenvalue weighted by atomic mass is 16.5. The third kappa shape index (κ3) is 7.93. The Bertz CT molecular complexity index is 1040.